The van der Waals surface area contributed by atoms with Gasteiger partial charge in [-0.15, -0.1) is 0 Å². The lowest BCUT2D eigenvalue weighted by atomic mass is 9.71. The van der Waals surface area contributed by atoms with Gasteiger partial charge >= 0.3 is 0 Å². The number of allylic oxidation sites excluding steroid dienone is 4. The molecule has 0 aromatic heterocycles. The van der Waals surface area contributed by atoms with Crippen LogP contribution in [0.4, 0.5) is 5.69 Å². The first-order chi connectivity index (χ1) is 17.9. The number of rotatable bonds is 6. The Morgan fingerprint density at radius 2 is 1.59 bits per heavy atom. The van der Waals surface area contributed by atoms with E-state index >= 15 is 0 Å². The van der Waals surface area contributed by atoms with Gasteiger partial charge < -0.3 is 20.1 Å². The number of benzene rings is 2. The maximum absolute atomic E-state index is 13.0. The third-order valence-corrected chi connectivity index (χ3v) is 7.61. The normalized spacial score (nSPS) is 17.7. The second kappa shape index (κ2) is 10.6. The van der Waals surface area contributed by atoms with Crippen LogP contribution < -0.4 is 20.1 Å². The van der Waals surface area contributed by atoms with Gasteiger partial charge in [-0.25, -0.2) is 0 Å². The minimum atomic E-state index is -0.437. The van der Waals surface area contributed by atoms with Crippen LogP contribution in [0.15, 0.2) is 58.9 Å². The molecule has 0 saturated carbocycles. The molecule has 1 aliphatic heterocycles. The lowest BCUT2D eigenvalue weighted by Crippen LogP contribution is -2.36. The van der Waals surface area contributed by atoms with E-state index in [1.165, 1.54) is 7.11 Å². The second-order valence-corrected chi connectivity index (χ2v) is 10.1. The number of hydrogen-bond acceptors (Lipinski definition) is 6. The van der Waals surface area contributed by atoms with Gasteiger partial charge in [0, 0.05) is 47.0 Å². The van der Waals surface area contributed by atoms with Crippen molar-refractivity contribution in [2.45, 2.75) is 44.4 Å². The first-order valence-electron chi connectivity index (χ1n) is 12.2. The van der Waals surface area contributed by atoms with Crippen LogP contribution in [0, 0.1) is 0 Å². The third-order valence-electron chi connectivity index (χ3n) is 6.87. The Bertz CT molecular complexity index is 1320. The molecular weight excluding hydrogens is 515 g/mol. The van der Waals surface area contributed by atoms with Crippen LogP contribution in [0.2, 0.25) is 10.0 Å². The van der Waals surface area contributed by atoms with Crippen LogP contribution in [-0.2, 0) is 14.4 Å². The fraction of sp³-hybridized carbons (Fsp3) is 0.321. The zero-order valence-corrected chi connectivity index (χ0v) is 21.8. The average molecular weight is 541 g/mol. The van der Waals surface area contributed by atoms with Crippen LogP contribution in [-0.4, -0.2) is 31.2 Å². The molecule has 0 spiro atoms. The monoisotopic (exact) mass is 540 g/mol. The molecule has 37 heavy (non-hydrogen) atoms. The Hall–Kier alpha value is -3.29. The Morgan fingerprint density at radius 3 is 2.22 bits per heavy atom. The Balaban J connectivity index is 1.39. The van der Waals surface area contributed by atoms with E-state index in [0.717, 1.165) is 42.6 Å². The smallest absolute Gasteiger partial charge is 0.262 e. The van der Waals surface area contributed by atoms with Crippen molar-refractivity contribution in [2.24, 2.45) is 0 Å². The van der Waals surface area contributed by atoms with E-state index in [-0.39, 0.29) is 24.1 Å². The third kappa shape index (κ3) is 5.11. The standard InChI is InChI=1S/C28H26Cl2N2O5/c1-36-24-12-15(8-11-23(24)37-14-25(35)31-16-9-10-17(29)18(30)13-16)26-27-19(4-2-6-21(27)33)32-20-5-3-7-22(34)28(20)26/h8-13,26,32H,2-7,14H2,1H3,(H,31,35). The number of ketones is 2. The number of dihydropyridines is 1. The van der Waals surface area contributed by atoms with Gasteiger partial charge in [0.2, 0.25) is 0 Å². The summed E-state index contributed by atoms with van der Waals surface area (Å²) in [4.78, 5) is 38.5. The van der Waals surface area contributed by atoms with Crippen molar-refractivity contribution < 1.29 is 23.9 Å². The molecule has 0 radical (unpaired) electrons. The number of nitrogens with one attached hydrogen (secondary N) is 2. The average Bonchev–Trinajstić information content (AvgIpc) is 2.89. The second-order valence-electron chi connectivity index (χ2n) is 9.27. The van der Waals surface area contributed by atoms with Crippen LogP contribution in [0.3, 0.4) is 0 Å². The number of ether oxygens (including phenoxy) is 2. The summed E-state index contributed by atoms with van der Waals surface area (Å²) in [6.45, 7) is -0.259. The van der Waals surface area contributed by atoms with Crippen molar-refractivity contribution in [3.8, 4) is 11.5 Å². The molecule has 2 aliphatic carbocycles. The van der Waals surface area contributed by atoms with E-state index in [1.807, 2.05) is 6.07 Å². The topological polar surface area (TPSA) is 93.7 Å². The largest absolute Gasteiger partial charge is 0.493 e. The van der Waals surface area contributed by atoms with Crippen molar-refractivity contribution in [3.05, 3.63) is 74.5 Å². The number of halogens is 2. The van der Waals surface area contributed by atoms with Crippen LogP contribution in [0.25, 0.3) is 0 Å². The molecule has 2 aromatic rings. The van der Waals surface area contributed by atoms with E-state index in [4.69, 9.17) is 32.7 Å². The van der Waals surface area contributed by atoms with Gasteiger partial charge in [-0.2, -0.15) is 0 Å². The van der Waals surface area contributed by atoms with E-state index in [9.17, 15) is 14.4 Å². The summed E-state index contributed by atoms with van der Waals surface area (Å²) in [5.74, 6) is 0.108. The van der Waals surface area contributed by atoms with Crippen LogP contribution in [0.1, 0.15) is 50.0 Å². The van der Waals surface area contributed by atoms with Crippen molar-refractivity contribution in [1.82, 2.24) is 5.32 Å². The number of amides is 1. The van der Waals surface area contributed by atoms with Crippen molar-refractivity contribution in [1.29, 1.82) is 0 Å². The molecule has 3 aliphatic rings. The van der Waals surface area contributed by atoms with Crippen LogP contribution >= 0.6 is 23.2 Å². The molecule has 7 nitrogen and oxygen atoms in total. The number of methoxy groups -OCH3 is 1. The number of carbonyl (C=O) groups is 3. The lowest BCUT2D eigenvalue weighted by Gasteiger charge is -2.37. The number of carbonyl (C=O) groups excluding carboxylic acids is 3. The molecule has 2 N–H and O–H groups in total. The minimum absolute atomic E-state index is 0.0712. The molecule has 0 fully saturated rings. The SMILES string of the molecule is COc1cc(C2C3=C(CCCC3=O)NC3=C2C(=O)CCC3)ccc1OCC(=O)Nc1ccc(Cl)c(Cl)c1. The molecule has 0 unspecified atom stereocenters. The van der Waals surface area contributed by atoms with E-state index < -0.39 is 5.92 Å². The Morgan fingerprint density at radius 1 is 0.919 bits per heavy atom. The highest BCUT2D eigenvalue weighted by atomic mass is 35.5. The molecule has 0 saturated heterocycles. The first kappa shape index (κ1) is 25.4. The summed E-state index contributed by atoms with van der Waals surface area (Å²) in [5.41, 5.74) is 4.49. The van der Waals surface area contributed by atoms with Gasteiger partial charge in [-0.3, -0.25) is 14.4 Å². The highest BCUT2D eigenvalue weighted by molar-refractivity contribution is 6.42. The van der Waals surface area contributed by atoms with Crippen molar-refractivity contribution in [2.75, 3.05) is 19.0 Å². The lowest BCUT2D eigenvalue weighted by molar-refractivity contribution is -0.118. The Labute approximate surface area is 224 Å². The summed E-state index contributed by atoms with van der Waals surface area (Å²) in [6.07, 6.45) is 4.12. The van der Waals surface area contributed by atoms with Gasteiger partial charge in [0.05, 0.1) is 17.2 Å². The highest BCUT2D eigenvalue weighted by Gasteiger charge is 2.40. The van der Waals surface area contributed by atoms with E-state index in [2.05, 4.69) is 10.6 Å². The summed E-state index contributed by atoms with van der Waals surface area (Å²) in [7, 11) is 1.51. The van der Waals surface area contributed by atoms with Gasteiger partial charge in [0.25, 0.3) is 5.91 Å². The molecule has 5 rings (SSSR count). The number of anilines is 1. The zero-order valence-electron chi connectivity index (χ0n) is 20.3. The van der Waals surface area contributed by atoms with Gasteiger partial charge in [-0.1, -0.05) is 29.3 Å². The molecule has 1 heterocycles. The predicted octanol–water partition coefficient (Wildman–Crippen LogP) is 5.72. The predicted molar refractivity (Wildman–Crippen MR) is 141 cm³/mol. The first-order valence-corrected chi connectivity index (χ1v) is 13.0. The molecular formula is C28H26Cl2N2O5. The molecule has 2 aromatic carbocycles. The maximum atomic E-state index is 13.0. The molecule has 0 bridgehead atoms. The fourth-order valence-corrected chi connectivity index (χ4v) is 5.51. The van der Waals surface area contributed by atoms with Crippen molar-refractivity contribution in [3.63, 3.8) is 0 Å². The zero-order chi connectivity index (χ0) is 26.1. The van der Waals surface area contributed by atoms with Crippen LogP contribution in [0.5, 0.6) is 11.5 Å². The van der Waals surface area contributed by atoms with Gasteiger partial charge in [0.1, 0.15) is 0 Å². The highest BCUT2D eigenvalue weighted by Crippen LogP contribution is 2.46. The molecule has 0 atom stereocenters. The number of hydrogen-bond donors (Lipinski definition) is 2. The van der Waals surface area contributed by atoms with E-state index in [0.29, 0.717) is 51.2 Å². The Kier molecular flexibility index (Phi) is 7.26. The molecule has 9 heteroatoms. The van der Waals surface area contributed by atoms with Crippen molar-refractivity contribution >= 4 is 46.4 Å². The van der Waals surface area contributed by atoms with Gasteiger partial charge in [0.15, 0.2) is 29.7 Å². The fourth-order valence-electron chi connectivity index (χ4n) is 5.21. The van der Waals surface area contributed by atoms with E-state index in [1.54, 1.807) is 30.3 Å². The molecule has 192 valence electrons. The summed E-state index contributed by atoms with van der Waals surface area (Å²) in [6, 6.07) is 10.1. The maximum Gasteiger partial charge on any atom is 0.262 e. The molecule has 1 amide bonds. The summed E-state index contributed by atoms with van der Waals surface area (Å²) >= 11 is 11.9. The number of Topliss-reactive ketones (excluding diaryl/α,β-unsaturated/α-hetero) is 2. The summed E-state index contributed by atoms with van der Waals surface area (Å²) < 4.78 is 11.3. The quantitative estimate of drug-likeness (QED) is 0.486. The summed E-state index contributed by atoms with van der Waals surface area (Å²) in [5, 5.41) is 6.86. The minimum Gasteiger partial charge on any atom is -0.493 e. The van der Waals surface area contributed by atoms with Gasteiger partial charge in [-0.05, 0) is 61.6 Å².